The maximum Gasteiger partial charge on any atom is 0.335 e. The summed E-state index contributed by atoms with van der Waals surface area (Å²) in [6.45, 7) is 0.463. The Bertz CT molecular complexity index is 811. The predicted molar refractivity (Wildman–Crippen MR) is 76.5 cm³/mol. The van der Waals surface area contributed by atoms with E-state index in [0.717, 1.165) is 16.8 Å². The van der Waals surface area contributed by atoms with Gasteiger partial charge in [-0.15, -0.1) is 5.10 Å². The number of benzene rings is 2. The van der Waals surface area contributed by atoms with Gasteiger partial charge < -0.3 is 9.84 Å². The van der Waals surface area contributed by atoms with Crippen LogP contribution in [0.3, 0.4) is 0 Å². The van der Waals surface area contributed by atoms with Gasteiger partial charge in [0.2, 0.25) is 0 Å². The maximum atomic E-state index is 11.0. The SMILES string of the molecule is COCc1ccccc1-n1nnc2cc(C(=O)O)ccc21. The zero-order valence-electron chi connectivity index (χ0n) is 11.4. The molecule has 0 aliphatic carbocycles. The summed E-state index contributed by atoms with van der Waals surface area (Å²) in [7, 11) is 1.63. The monoisotopic (exact) mass is 283 g/mol. The Morgan fingerprint density at radius 1 is 1.29 bits per heavy atom. The number of hydrogen-bond acceptors (Lipinski definition) is 4. The van der Waals surface area contributed by atoms with Crippen molar-refractivity contribution in [2.24, 2.45) is 0 Å². The van der Waals surface area contributed by atoms with Crippen LogP contribution in [0.2, 0.25) is 0 Å². The lowest BCUT2D eigenvalue weighted by molar-refractivity contribution is 0.0697. The Morgan fingerprint density at radius 2 is 2.10 bits per heavy atom. The molecule has 3 rings (SSSR count). The first kappa shape index (κ1) is 13.3. The van der Waals surface area contributed by atoms with E-state index in [9.17, 15) is 4.79 Å². The second-order valence-electron chi connectivity index (χ2n) is 4.57. The van der Waals surface area contributed by atoms with E-state index in [1.165, 1.54) is 6.07 Å². The van der Waals surface area contributed by atoms with E-state index in [0.29, 0.717) is 12.1 Å². The van der Waals surface area contributed by atoms with E-state index in [1.807, 2.05) is 24.3 Å². The van der Waals surface area contributed by atoms with E-state index >= 15 is 0 Å². The summed E-state index contributed by atoms with van der Waals surface area (Å²) in [5.41, 5.74) is 3.34. The van der Waals surface area contributed by atoms with E-state index in [4.69, 9.17) is 9.84 Å². The van der Waals surface area contributed by atoms with Crippen molar-refractivity contribution in [3.8, 4) is 5.69 Å². The summed E-state index contributed by atoms with van der Waals surface area (Å²) in [6, 6.07) is 12.5. The standard InChI is InChI=1S/C15H13N3O3/c1-21-9-11-4-2-3-5-13(11)18-14-7-6-10(15(19)20)8-12(14)16-17-18/h2-8H,9H2,1H3,(H,19,20). The number of rotatable bonds is 4. The molecule has 0 unspecified atom stereocenters. The van der Waals surface area contributed by atoms with Gasteiger partial charge in [-0.1, -0.05) is 23.4 Å². The van der Waals surface area contributed by atoms with Crippen LogP contribution < -0.4 is 0 Å². The lowest BCUT2D eigenvalue weighted by Crippen LogP contribution is -2.02. The minimum absolute atomic E-state index is 0.194. The van der Waals surface area contributed by atoms with Crippen LogP contribution >= 0.6 is 0 Å². The lowest BCUT2D eigenvalue weighted by atomic mass is 10.1. The van der Waals surface area contributed by atoms with Gasteiger partial charge >= 0.3 is 5.97 Å². The van der Waals surface area contributed by atoms with Crippen LogP contribution in [0.15, 0.2) is 42.5 Å². The number of fused-ring (bicyclic) bond motifs is 1. The molecule has 1 aromatic heterocycles. The molecule has 0 bridgehead atoms. The molecule has 0 atom stereocenters. The van der Waals surface area contributed by atoms with Gasteiger partial charge in [0.1, 0.15) is 5.52 Å². The highest BCUT2D eigenvalue weighted by Gasteiger charge is 2.12. The Hall–Kier alpha value is -2.73. The molecule has 3 aromatic rings. The molecule has 6 nitrogen and oxygen atoms in total. The fourth-order valence-corrected chi connectivity index (χ4v) is 2.23. The normalized spacial score (nSPS) is 10.9. The molecule has 0 spiro atoms. The number of para-hydroxylation sites is 1. The molecule has 0 radical (unpaired) electrons. The van der Waals surface area contributed by atoms with E-state index in [1.54, 1.807) is 23.9 Å². The van der Waals surface area contributed by atoms with Crippen molar-refractivity contribution < 1.29 is 14.6 Å². The topological polar surface area (TPSA) is 77.2 Å². The minimum Gasteiger partial charge on any atom is -0.478 e. The van der Waals surface area contributed by atoms with Crippen LogP contribution in [0.25, 0.3) is 16.7 Å². The van der Waals surface area contributed by atoms with Crippen molar-refractivity contribution in [1.29, 1.82) is 0 Å². The third-order valence-corrected chi connectivity index (χ3v) is 3.21. The fraction of sp³-hybridized carbons (Fsp3) is 0.133. The molecule has 0 fully saturated rings. The second kappa shape index (κ2) is 5.34. The Morgan fingerprint density at radius 3 is 2.86 bits per heavy atom. The molecule has 0 aliphatic heterocycles. The first-order chi connectivity index (χ1) is 10.2. The third kappa shape index (κ3) is 2.36. The number of nitrogens with zero attached hydrogens (tertiary/aromatic N) is 3. The average Bonchev–Trinajstić information content (AvgIpc) is 2.91. The number of ether oxygens (including phenoxy) is 1. The van der Waals surface area contributed by atoms with Gasteiger partial charge in [0.15, 0.2) is 0 Å². The molecular formula is C15H13N3O3. The van der Waals surface area contributed by atoms with Gasteiger partial charge in [-0.05, 0) is 24.3 Å². The Balaban J connectivity index is 2.15. The van der Waals surface area contributed by atoms with Crippen LogP contribution in [0.1, 0.15) is 15.9 Å². The van der Waals surface area contributed by atoms with E-state index in [2.05, 4.69) is 10.3 Å². The molecule has 2 aromatic carbocycles. The number of hydrogen-bond donors (Lipinski definition) is 1. The highest BCUT2D eigenvalue weighted by Crippen LogP contribution is 2.21. The number of aromatic carboxylic acids is 1. The van der Waals surface area contributed by atoms with E-state index < -0.39 is 5.97 Å². The van der Waals surface area contributed by atoms with Gasteiger partial charge in [0.05, 0.1) is 23.4 Å². The fourth-order valence-electron chi connectivity index (χ4n) is 2.23. The molecule has 0 saturated carbocycles. The van der Waals surface area contributed by atoms with Crippen molar-refractivity contribution in [2.75, 3.05) is 7.11 Å². The van der Waals surface area contributed by atoms with Gasteiger partial charge in [-0.2, -0.15) is 0 Å². The third-order valence-electron chi connectivity index (χ3n) is 3.21. The smallest absolute Gasteiger partial charge is 0.335 e. The molecular weight excluding hydrogens is 270 g/mol. The highest BCUT2D eigenvalue weighted by atomic mass is 16.5. The van der Waals surface area contributed by atoms with Gasteiger partial charge in [0.25, 0.3) is 0 Å². The van der Waals surface area contributed by atoms with Gasteiger partial charge in [-0.25, -0.2) is 9.48 Å². The zero-order chi connectivity index (χ0) is 14.8. The summed E-state index contributed by atoms with van der Waals surface area (Å²) in [6.07, 6.45) is 0. The van der Waals surface area contributed by atoms with Crippen molar-refractivity contribution >= 4 is 17.0 Å². The molecule has 0 amide bonds. The molecule has 1 heterocycles. The molecule has 106 valence electrons. The molecule has 1 N–H and O–H groups in total. The summed E-state index contributed by atoms with van der Waals surface area (Å²) >= 11 is 0. The number of carbonyl (C=O) groups is 1. The summed E-state index contributed by atoms with van der Waals surface area (Å²) in [4.78, 5) is 11.0. The van der Waals surface area contributed by atoms with Crippen LogP contribution in [-0.4, -0.2) is 33.2 Å². The van der Waals surface area contributed by atoms with Crippen LogP contribution in [0, 0.1) is 0 Å². The van der Waals surface area contributed by atoms with Crippen molar-refractivity contribution in [3.63, 3.8) is 0 Å². The van der Waals surface area contributed by atoms with Crippen LogP contribution in [0.5, 0.6) is 0 Å². The largest absolute Gasteiger partial charge is 0.478 e. The quantitative estimate of drug-likeness (QED) is 0.794. The number of methoxy groups -OCH3 is 1. The van der Waals surface area contributed by atoms with Crippen molar-refractivity contribution in [3.05, 3.63) is 53.6 Å². The predicted octanol–water partition coefficient (Wildman–Crippen LogP) is 2.27. The van der Waals surface area contributed by atoms with Gasteiger partial charge in [0, 0.05) is 12.7 Å². The summed E-state index contributed by atoms with van der Waals surface area (Å²) < 4.78 is 6.88. The van der Waals surface area contributed by atoms with Crippen LogP contribution in [0.4, 0.5) is 0 Å². The molecule has 0 saturated heterocycles. The Labute approximate surface area is 120 Å². The first-order valence-corrected chi connectivity index (χ1v) is 6.36. The van der Waals surface area contributed by atoms with E-state index in [-0.39, 0.29) is 5.56 Å². The second-order valence-corrected chi connectivity index (χ2v) is 4.57. The summed E-state index contributed by atoms with van der Waals surface area (Å²) in [5, 5.41) is 17.2. The molecule has 0 aliphatic rings. The average molecular weight is 283 g/mol. The maximum absolute atomic E-state index is 11.0. The number of aromatic nitrogens is 3. The van der Waals surface area contributed by atoms with Gasteiger partial charge in [-0.3, -0.25) is 0 Å². The highest BCUT2D eigenvalue weighted by molar-refractivity contribution is 5.92. The number of carboxylic acids is 1. The number of carboxylic acid groups (broad SMARTS) is 1. The molecule has 21 heavy (non-hydrogen) atoms. The van der Waals surface area contributed by atoms with Crippen molar-refractivity contribution in [1.82, 2.24) is 15.0 Å². The molecule has 6 heteroatoms. The Kier molecular flexibility index (Phi) is 3.37. The minimum atomic E-state index is -0.980. The van der Waals surface area contributed by atoms with Crippen molar-refractivity contribution in [2.45, 2.75) is 6.61 Å². The lowest BCUT2D eigenvalue weighted by Gasteiger charge is -2.08. The summed E-state index contributed by atoms with van der Waals surface area (Å²) in [5.74, 6) is -0.980. The first-order valence-electron chi connectivity index (χ1n) is 6.36. The zero-order valence-corrected chi connectivity index (χ0v) is 11.4. The van der Waals surface area contributed by atoms with Crippen LogP contribution in [-0.2, 0) is 11.3 Å².